The SMILES string of the molecule is c1ccc(-c2ccc(N(c3ccc(-c4ccccc4)cc3)c3ccc(-c4ccc(-n5c6ccc(-n7c8ccccc8c8ccccc87)cc6n6c7ccccc7nc56)cc4)cc3)cc2)cc1. The number of imidazole rings is 2. The van der Waals surface area contributed by atoms with Crippen LogP contribution in [0.4, 0.5) is 17.1 Å². The van der Waals surface area contributed by atoms with Crippen LogP contribution < -0.4 is 4.90 Å². The van der Waals surface area contributed by atoms with Crippen LogP contribution in [0.5, 0.6) is 0 Å². The van der Waals surface area contributed by atoms with Crippen LogP contribution in [0.25, 0.3) is 94.4 Å². The first kappa shape index (κ1) is 37.6. The van der Waals surface area contributed by atoms with Gasteiger partial charge in [0.05, 0.1) is 33.1 Å². The fourth-order valence-electron chi connectivity index (χ4n) is 9.90. The van der Waals surface area contributed by atoms with Gasteiger partial charge in [-0.1, -0.05) is 158 Å². The van der Waals surface area contributed by atoms with E-state index in [0.29, 0.717) is 0 Å². The van der Waals surface area contributed by atoms with Crippen molar-refractivity contribution in [2.24, 2.45) is 0 Å². The van der Waals surface area contributed by atoms with Gasteiger partial charge in [-0.2, -0.15) is 0 Å². The number of fused-ring (bicyclic) bond motifs is 8. The van der Waals surface area contributed by atoms with Crippen LogP contribution in [0.15, 0.2) is 249 Å². The third kappa shape index (κ3) is 6.21. The second kappa shape index (κ2) is 15.4. The lowest BCUT2D eigenvalue weighted by molar-refractivity contribution is 1.11. The molecule has 3 heterocycles. The molecule has 13 aromatic rings. The summed E-state index contributed by atoms with van der Waals surface area (Å²) in [5.74, 6) is 0.886. The molecule has 0 N–H and O–H groups in total. The molecule has 0 bridgehead atoms. The zero-order chi connectivity index (χ0) is 43.6. The van der Waals surface area contributed by atoms with Gasteiger partial charge in [0.2, 0.25) is 5.78 Å². The molecule has 5 heteroatoms. The third-order valence-electron chi connectivity index (χ3n) is 13.1. The Balaban J connectivity index is 0.869. The third-order valence-corrected chi connectivity index (χ3v) is 13.1. The Morgan fingerprint density at radius 1 is 0.288 bits per heavy atom. The Hall–Kier alpha value is -8.93. The molecule has 0 radical (unpaired) electrons. The Labute approximate surface area is 381 Å². The number of aromatic nitrogens is 4. The van der Waals surface area contributed by atoms with E-state index < -0.39 is 0 Å². The Morgan fingerprint density at radius 2 is 0.697 bits per heavy atom. The maximum Gasteiger partial charge on any atom is 0.220 e. The predicted octanol–water partition coefficient (Wildman–Crippen LogP) is 16.0. The fourth-order valence-corrected chi connectivity index (χ4v) is 9.90. The van der Waals surface area contributed by atoms with Crippen molar-refractivity contribution in [3.05, 3.63) is 249 Å². The van der Waals surface area contributed by atoms with E-state index in [4.69, 9.17) is 4.98 Å². The Morgan fingerprint density at radius 3 is 1.21 bits per heavy atom. The van der Waals surface area contributed by atoms with E-state index in [2.05, 4.69) is 267 Å². The quantitative estimate of drug-likeness (QED) is 0.153. The van der Waals surface area contributed by atoms with Crippen molar-refractivity contribution < 1.29 is 0 Å². The molecule has 5 nitrogen and oxygen atoms in total. The minimum absolute atomic E-state index is 0.886. The summed E-state index contributed by atoms with van der Waals surface area (Å²) in [4.78, 5) is 7.57. The second-order valence-corrected chi connectivity index (χ2v) is 16.9. The van der Waals surface area contributed by atoms with Crippen molar-refractivity contribution in [2.75, 3.05) is 4.90 Å². The molecule has 3 aromatic heterocycles. The molecule has 10 aromatic carbocycles. The number of para-hydroxylation sites is 4. The Kier molecular flexibility index (Phi) is 8.78. The van der Waals surface area contributed by atoms with E-state index in [0.717, 1.165) is 67.4 Å². The van der Waals surface area contributed by atoms with Crippen molar-refractivity contribution in [3.63, 3.8) is 0 Å². The van der Waals surface area contributed by atoms with Gasteiger partial charge in [-0.15, -0.1) is 0 Å². The minimum Gasteiger partial charge on any atom is -0.311 e. The van der Waals surface area contributed by atoms with E-state index in [-0.39, 0.29) is 0 Å². The van der Waals surface area contributed by atoms with Gasteiger partial charge >= 0.3 is 0 Å². The summed E-state index contributed by atoms with van der Waals surface area (Å²) in [6, 6.07) is 89.2. The molecule has 0 unspecified atom stereocenters. The van der Waals surface area contributed by atoms with E-state index >= 15 is 0 Å². The molecule has 0 amide bonds. The van der Waals surface area contributed by atoms with Crippen LogP contribution in [0.3, 0.4) is 0 Å². The van der Waals surface area contributed by atoms with Crippen LogP contribution in [-0.4, -0.2) is 18.5 Å². The van der Waals surface area contributed by atoms with Crippen molar-refractivity contribution in [1.82, 2.24) is 18.5 Å². The van der Waals surface area contributed by atoms with E-state index in [1.807, 2.05) is 0 Å². The number of benzene rings is 10. The van der Waals surface area contributed by atoms with Crippen LogP contribution in [0.1, 0.15) is 0 Å². The van der Waals surface area contributed by atoms with Gasteiger partial charge in [-0.3, -0.25) is 8.97 Å². The highest BCUT2D eigenvalue weighted by Crippen LogP contribution is 2.39. The average molecular weight is 844 g/mol. The highest BCUT2D eigenvalue weighted by atomic mass is 15.2. The molecule has 13 rings (SSSR count). The van der Waals surface area contributed by atoms with Crippen molar-refractivity contribution >= 4 is 66.7 Å². The van der Waals surface area contributed by atoms with Gasteiger partial charge < -0.3 is 9.47 Å². The lowest BCUT2D eigenvalue weighted by Gasteiger charge is -2.26. The summed E-state index contributed by atoms with van der Waals surface area (Å²) < 4.78 is 6.99. The van der Waals surface area contributed by atoms with Gasteiger partial charge in [-0.05, 0) is 124 Å². The summed E-state index contributed by atoms with van der Waals surface area (Å²) in [5, 5.41) is 2.50. The zero-order valence-electron chi connectivity index (χ0n) is 35.9. The standard InChI is InChI=1S/C61H41N5/c1-3-13-42(14-4-1)44-23-31-48(32-24-44)63(49-33-25-45(26-34-49)43-15-5-2-6-16-43)50-35-27-46(28-36-50)47-29-37-51(38-30-47)65-59-40-39-52(41-60(59)66-58-22-12-9-19-55(58)62-61(65)66)64-56-20-10-7-17-53(56)54-18-8-11-21-57(54)64/h1-41H. The van der Waals surface area contributed by atoms with Gasteiger partial charge in [-0.25, -0.2) is 4.98 Å². The van der Waals surface area contributed by atoms with Crippen molar-refractivity contribution in [3.8, 4) is 44.8 Å². The van der Waals surface area contributed by atoms with Crippen LogP contribution in [0, 0.1) is 0 Å². The van der Waals surface area contributed by atoms with Gasteiger partial charge in [0.15, 0.2) is 0 Å². The van der Waals surface area contributed by atoms with E-state index in [1.165, 1.54) is 44.1 Å². The molecular formula is C61H41N5. The predicted molar refractivity (Wildman–Crippen MR) is 275 cm³/mol. The number of rotatable bonds is 8. The summed E-state index contributed by atoms with van der Waals surface area (Å²) in [5.41, 5.74) is 19.2. The van der Waals surface area contributed by atoms with Gasteiger partial charge in [0.25, 0.3) is 0 Å². The van der Waals surface area contributed by atoms with Gasteiger partial charge in [0, 0.05) is 39.2 Å². The molecular weight excluding hydrogens is 803 g/mol. The highest BCUT2D eigenvalue weighted by molar-refractivity contribution is 6.09. The monoisotopic (exact) mass is 843 g/mol. The minimum atomic E-state index is 0.886. The molecule has 310 valence electrons. The first-order valence-electron chi connectivity index (χ1n) is 22.5. The van der Waals surface area contributed by atoms with Crippen molar-refractivity contribution in [2.45, 2.75) is 0 Å². The van der Waals surface area contributed by atoms with E-state index in [9.17, 15) is 0 Å². The molecule has 0 fully saturated rings. The number of hydrogen-bond donors (Lipinski definition) is 0. The highest BCUT2D eigenvalue weighted by Gasteiger charge is 2.20. The summed E-state index contributed by atoms with van der Waals surface area (Å²) in [7, 11) is 0. The lowest BCUT2D eigenvalue weighted by atomic mass is 10.0. The molecule has 0 spiro atoms. The summed E-state index contributed by atoms with van der Waals surface area (Å²) >= 11 is 0. The molecule has 0 aliphatic heterocycles. The average Bonchev–Trinajstić information content (AvgIpc) is 4.04. The van der Waals surface area contributed by atoms with Gasteiger partial charge in [0.1, 0.15) is 0 Å². The first-order chi connectivity index (χ1) is 32.7. The molecule has 0 atom stereocenters. The summed E-state index contributed by atoms with van der Waals surface area (Å²) in [6.07, 6.45) is 0. The lowest BCUT2D eigenvalue weighted by Crippen LogP contribution is -2.09. The van der Waals surface area contributed by atoms with Crippen LogP contribution >= 0.6 is 0 Å². The maximum absolute atomic E-state index is 5.23. The first-order valence-corrected chi connectivity index (χ1v) is 22.5. The van der Waals surface area contributed by atoms with Crippen molar-refractivity contribution in [1.29, 1.82) is 0 Å². The molecule has 0 saturated heterocycles. The molecule has 66 heavy (non-hydrogen) atoms. The van der Waals surface area contributed by atoms with Crippen LogP contribution in [0.2, 0.25) is 0 Å². The smallest absolute Gasteiger partial charge is 0.220 e. The zero-order valence-corrected chi connectivity index (χ0v) is 35.9. The number of hydrogen-bond acceptors (Lipinski definition) is 2. The topological polar surface area (TPSA) is 30.4 Å². The van der Waals surface area contributed by atoms with Crippen LogP contribution in [-0.2, 0) is 0 Å². The van der Waals surface area contributed by atoms with E-state index in [1.54, 1.807) is 0 Å². The Bertz CT molecular complexity index is 3740. The molecule has 0 saturated carbocycles. The largest absolute Gasteiger partial charge is 0.311 e. The summed E-state index contributed by atoms with van der Waals surface area (Å²) in [6.45, 7) is 0. The fraction of sp³-hybridized carbons (Fsp3) is 0. The normalized spacial score (nSPS) is 11.6. The molecule has 0 aliphatic carbocycles. The maximum atomic E-state index is 5.23. The number of nitrogens with zero attached hydrogens (tertiary/aromatic N) is 5. The molecule has 0 aliphatic rings. The second-order valence-electron chi connectivity index (χ2n) is 16.9. The number of anilines is 3.